The number of hydrogen-bond acceptors (Lipinski definition) is 6. The zero-order chi connectivity index (χ0) is 22.0. The summed E-state index contributed by atoms with van der Waals surface area (Å²) in [5, 5.41) is 11.8. The summed E-state index contributed by atoms with van der Waals surface area (Å²) in [5.41, 5.74) is 4.01. The van der Waals surface area contributed by atoms with E-state index in [-0.39, 0.29) is 11.9 Å². The molecular formula is C21H23N5O3S. The van der Waals surface area contributed by atoms with Crippen molar-refractivity contribution in [3.8, 4) is 11.3 Å². The lowest BCUT2D eigenvalue weighted by molar-refractivity contribution is -0.119. The third kappa shape index (κ3) is 4.46. The summed E-state index contributed by atoms with van der Waals surface area (Å²) in [7, 11) is 1.73. The summed E-state index contributed by atoms with van der Waals surface area (Å²) in [6.07, 6.45) is 0. The number of thiazole rings is 1. The third-order valence-electron chi connectivity index (χ3n) is 4.79. The number of hydrogen-bond donors (Lipinski definition) is 2. The second-order valence-corrected chi connectivity index (χ2v) is 7.89. The van der Waals surface area contributed by atoms with E-state index in [1.54, 1.807) is 25.6 Å². The molecule has 0 aliphatic carbocycles. The van der Waals surface area contributed by atoms with E-state index >= 15 is 0 Å². The van der Waals surface area contributed by atoms with Crippen LogP contribution in [0.3, 0.4) is 0 Å². The molecule has 3 rings (SSSR count). The van der Waals surface area contributed by atoms with Crippen LogP contribution in [0.2, 0.25) is 0 Å². The second-order valence-electron chi connectivity index (χ2n) is 7.03. The molecule has 2 aromatic heterocycles. The number of nitrogens with zero attached hydrogens (tertiary/aromatic N) is 3. The first-order chi connectivity index (χ1) is 14.2. The van der Waals surface area contributed by atoms with E-state index in [0.717, 1.165) is 11.1 Å². The minimum atomic E-state index is -0.741. The molecule has 0 aliphatic heterocycles. The molecule has 0 spiro atoms. The molecule has 0 saturated carbocycles. The standard InChI is InChI=1S/C21H23N5O3S/c1-11(22-14(4)27)15-6-8-16(9-7-15)17-10-30-21(23-17)24-20(29)19(28)18-12(2)25-26(5)13(18)3/h6-11H,1-5H3,(H,22,27)(H,23,24,29). The van der Waals surface area contributed by atoms with Crippen LogP contribution in [0.4, 0.5) is 5.13 Å². The number of Topliss-reactive ketones (excluding diaryl/α,β-unsaturated/α-hetero) is 1. The van der Waals surface area contributed by atoms with Crippen molar-refractivity contribution in [1.29, 1.82) is 0 Å². The molecule has 1 unspecified atom stereocenters. The summed E-state index contributed by atoms with van der Waals surface area (Å²) in [4.78, 5) is 40.6. The average Bonchev–Trinajstić information content (AvgIpc) is 3.25. The number of aromatic nitrogens is 3. The van der Waals surface area contributed by atoms with Crippen LogP contribution in [0.15, 0.2) is 29.6 Å². The Hall–Kier alpha value is -3.33. The van der Waals surface area contributed by atoms with Gasteiger partial charge in [0.15, 0.2) is 5.13 Å². The van der Waals surface area contributed by atoms with Crippen molar-refractivity contribution < 1.29 is 14.4 Å². The van der Waals surface area contributed by atoms with Crippen molar-refractivity contribution in [2.45, 2.75) is 33.7 Å². The monoisotopic (exact) mass is 425 g/mol. The highest BCUT2D eigenvalue weighted by Gasteiger charge is 2.24. The Morgan fingerprint density at radius 3 is 2.37 bits per heavy atom. The molecule has 0 radical (unpaired) electrons. The highest BCUT2D eigenvalue weighted by molar-refractivity contribution is 7.14. The highest BCUT2D eigenvalue weighted by atomic mass is 32.1. The molecule has 2 heterocycles. The van der Waals surface area contributed by atoms with E-state index < -0.39 is 11.7 Å². The number of carbonyl (C=O) groups is 3. The van der Waals surface area contributed by atoms with Gasteiger partial charge in [-0.05, 0) is 26.3 Å². The van der Waals surface area contributed by atoms with E-state index in [4.69, 9.17) is 0 Å². The summed E-state index contributed by atoms with van der Waals surface area (Å²) < 4.78 is 1.58. The molecule has 2 N–H and O–H groups in total. The SMILES string of the molecule is CC(=O)NC(C)c1ccc(-c2csc(NC(=O)C(=O)c3c(C)nn(C)c3C)n2)cc1. The van der Waals surface area contributed by atoms with E-state index in [0.29, 0.717) is 27.8 Å². The lowest BCUT2D eigenvalue weighted by Gasteiger charge is -2.12. The van der Waals surface area contributed by atoms with Gasteiger partial charge in [0.1, 0.15) is 0 Å². The van der Waals surface area contributed by atoms with Crippen LogP contribution in [-0.2, 0) is 16.6 Å². The van der Waals surface area contributed by atoms with Crippen molar-refractivity contribution in [2.24, 2.45) is 7.05 Å². The molecule has 0 fully saturated rings. The van der Waals surface area contributed by atoms with E-state index in [9.17, 15) is 14.4 Å². The summed E-state index contributed by atoms with van der Waals surface area (Å²) in [6, 6.07) is 7.56. The number of carbonyl (C=O) groups excluding carboxylic acids is 3. The van der Waals surface area contributed by atoms with Crippen molar-refractivity contribution in [3.63, 3.8) is 0 Å². The molecule has 0 bridgehead atoms. The third-order valence-corrected chi connectivity index (χ3v) is 5.55. The molecule has 30 heavy (non-hydrogen) atoms. The van der Waals surface area contributed by atoms with Gasteiger partial charge in [-0.25, -0.2) is 4.98 Å². The molecular weight excluding hydrogens is 402 g/mol. The molecule has 8 nitrogen and oxygen atoms in total. The minimum absolute atomic E-state index is 0.0855. The van der Waals surface area contributed by atoms with Gasteiger partial charge < -0.3 is 5.32 Å². The number of nitrogens with one attached hydrogen (secondary N) is 2. The number of ketones is 1. The van der Waals surface area contributed by atoms with Crippen LogP contribution in [0.1, 0.15) is 47.2 Å². The molecule has 2 amide bonds. The minimum Gasteiger partial charge on any atom is -0.350 e. The van der Waals surface area contributed by atoms with Gasteiger partial charge in [0, 0.05) is 30.6 Å². The van der Waals surface area contributed by atoms with Gasteiger partial charge in [-0.1, -0.05) is 24.3 Å². The zero-order valence-corrected chi connectivity index (χ0v) is 18.3. The molecule has 3 aromatic rings. The van der Waals surface area contributed by atoms with Crippen LogP contribution < -0.4 is 10.6 Å². The molecule has 1 aromatic carbocycles. The number of rotatable bonds is 6. The fourth-order valence-electron chi connectivity index (χ4n) is 3.16. The average molecular weight is 426 g/mol. The zero-order valence-electron chi connectivity index (χ0n) is 17.4. The highest BCUT2D eigenvalue weighted by Crippen LogP contribution is 2.26. The molecule has 9 heteroatoms. The van der Waals surface area contributed by atoms with Crippen LogP contribution in [0.5, 0.6) is 0 Å². The lowest BCUT2D eigenvalue weighted by atomic mass is 10.1. The second kappa shape index (κ2) is 8.58. The number of benzene rings is 1. The van der Waals surface area contributed by atoms with Crippen molar-refractivity contribution >= 4 is 34.1 Å². The maximum absolute atomic E-state index is 12.5. The Balaban J connectivity index is 1.71. The van der Waals surface area contributed by atoms with Crippen LogP contribution in [0, 0.1) is 13.8 Å². The maximum Gasteiger partial charge on any atom is 0.298 e. The first-order valence-corrected chi connectivity index (χ1v) is 10.2. The fraction of sp³-hybridized carbons (Fsp3) is 0.286. The van der Waals surface area contributed by atoms with Gasteiger partial charge in [0.05, 0.1) is 23.0 Å². The summed E-state index contributed by atoms with van der Waals surface area (Å²) in [6.45, 7) is 6.84. The van der Waals surface area contributed by atoms with Gasteiger partial charge >= 0.3 is 0 Å². The number of aryl methyl sites for hydroxylation is 2. The van der Waals surface area contributed by atoms with Crippen molar-refractivity contribution in [2.75, 3.05) is 5.32 Å². The molecule has 0 saturated heterocycles. The van der Waals surface area contributed by atoms with Crippen LogP contribution in [0.25, 0.3) is 11.3 Å². The Bertz CT molecular complexity index is 1110. The van der Waals surface area contributed by atoms with Crippen molar-refractivity contribution in [3.05, 3.63) is 52.2 Å². The lowest BCUT2D eigenvalue weighted by Crippen LogP contribution is -2.24. The Morgan fingerprint density at radius 1 is 1.13 bits per heavy atom. The quantitative estimate of drug-likeness (QED) is 0.466. The molecule has 1 atom stereocenters. The summed E-state index contributed by atoms with van der Waals surface area (Å²) in [5.74, 6) is -1.46. The predicted molar refractivity (Wildman–Crippen MR) is 115 cm³/mol. The van der Waals surface area contributed by atoms with Gasteiger partial charge in [0.2, 0.25) is 5.91 Å². The van der Waals surface area contributed by atoms with Crippen molar-refractivity contribution in [1.82, 2.24) is 20.1 Å². The number of anilines is 1. The predicted octanol–water partition coefficient (Wildman–Crippen LogP) is 3.18. The van der Waals surface area contributed by atoms with Gasteiger partial charge in [-0.2, -0.15) is 5.10 Å². The van der Waals surface area contributed by atoms with Gasteiger partial charge in [0.25, 0.3) is 11.7 Å². The fourth-order valence-corrected chi connectivity index (χ4v) is 3.88. The van der Waals surface area contributed by atoms with Gasteiger partial charge in [-0.3, -0.25) is 24.4 Å². The Kier molecular flexibility index (Phi) is 6.12. The van der Waals surface area contributed by atoms with E-state index in [1.807, 2.05) is 36.6 Å². The Labute approximate surface area is 178 Å². The van der Waals surface area contributed by atoms with Crippen LogP contribution in [-0.4, -0.2) is 32.4 Å². The molecule has 156 valence electrons. The van der Waals surface area contributed by atoms with Crippen LogP contribution >= 0.6 is 11.3 Å². The van der Waals surface area contributed by atoms with E-state index in [1.165, 1.54) is 18.3 Å². The first kappa shape index (κ1) is 21.4. The van der Waals surface area contributed by atoms with Gasteiger partial charge in [-0.15, -0.1) is 11.3 Å². The Morgan fingerprint density at radius 2 is 1.80 bits per heavy atom. The normalized spacial score (nSPS) is 11.8. The summed E-state index contributed by atoms with van der Waals surface area (Å²) >= 11 is 1.24. The largest absolute Gasteiger partial charge is 0.350 e. The first-order valence-electron chi connectivity index (χ1n) is 9.36. The molecule has 0 aliphatic rings. The maximum atomic E-state index is 12.5. The topological polar surface area (TPSA) is 106 Å². The number of amides is 2. The smallest absolute Gasteiger partial charge is 0.298 e. The van der Waals surface area contributed by atoms with E-state index in [2.05, 4.69) is 20.7 Å².